The van der Waals surface area contributed by atoms with E-state index in [1.807, 2.05) is 0 Å². The van der Waals surface area contributed by atoms with Crippen molar-refractivity contribution in [1.82, 2.24) is 9.78 Å². The summed E-state index contributed by atoms with van der Waals surface area (Å²) in [5.74, 6) is 0.423. The predicted octanol–water partition coefficient (Wildman–Crippen LogP) is 1.64. The first kappa shape index (κ1) is 13.8. The lowest BCUT2D eigenvalue weighted by atomic mass is 10.1. The minimum atomic E-state index is -0.741. The molecule has 0 amide bonds. The quantitative estimate of drug-likeness (QED) is 0.821. The van der Waals surface area contributed by atoms with Crippen molar-refractivity contribution >= 4 is 11.6 Å². The van der Waals surface area contributed by atoms with Crippen molar-refractivity contribution < 1.29 is 14.6 Å². The van der Waals surface area contributed by atoms with Crippen molar-refractivity contribution in [2.24, 2.45) is 5.92 Å². The van der Waals surface area contributed by atoms with Gasteiger partial charge in [0.1, 0.15) is 6.10 Å². The Morgan fingerprint density at radius 2 is 2.28 bits per heavy atom. The average Bonchev–Trinajstić information content (AvgIpc) is 3.11. The molecule has 1 saturated carbocycles. The van der Waals surface area contributed by atoms with Crippen molar-refractivity contribution in [3.8, 4) is 0 Å². The van der Waals surface area contributed by atoms with E-state index < -0.39 is 6.10 Å². The van der Waals surface area contributed by atoms with Crippen LogP contribution in [-0.2, 0) is 16.0 Å². The standard InChI is InChI=1S/C12H19ClN2O3/c1-17-6-5-15-10(9(13)7-14-15)11(16)12(18-2)8-3-4-8/h7-8,11-12,16H,3-6H2,1-2H3. The smallest absolute Gasteiger partial charge is 0.123 e. The molecule has 0 saturated heterocycles. The molecule has 18 heavy (non-hydrogen) atoms. The number of nitrogens with zero attached hydrogens (tertiary/aromatic N) is 2. The molecule has 1 aliphatic rings. The molecule has 6 heteroatoms. The van der Waals surface area contributed by atoms with Crippen molar-refractivity contribution in [3.05, 3.63) is 16.9 Å². The minimum absolute atomic E-state index is 0.208. The van der Waals surface area contributed by atoms with Crippen LogP contribution >= 0.6 is 11.6 Å². The summed E-state index contributed by atoms with van der Waals surface area (Å²) in [6.07, 6.45) is 2.80. The van der Waals surface area contributed by atoms with E-state index in [1.165, 1.54) is 0 Å². The van der Waals surface area contributed by atoms with Crippen LogP contribution in [0.15, 0.2) is 6.20 Å². The first-order chi connectivity index (χ1) is 8.69. The molecule has 1 N–H and O–H groups in total. The third-order valence-electron chi connectivity index (χ3n) is 3.29. The summed E-state index contributed by atoms with van der Waals surface area (Å²) < 4.78 is 12.1. The fourth-order valence-electron chi connectivity index (χ4n) is 2.18. The Balaban J connectivity index is 2.16. The molecule has 0 aliphatic heterocycles. The van der Waals surface area contributed by atoms with E-state index in [0.717, 1.165) is 12.8 Å². The second-order valence-electron chi connectivity index (χ2n) is 4.58. The fourth-order valence-corrected chi connectivity index (χ4v) is 2.43. The first-order valence-electron chi connectivity index (χ1n) is 6.10. The fraction of sp³-hybridized carbons (Fsp3) is 0.750. The lowest BCUT2D eigenvalue weighted by molar-refractivity contribution is -0.0302. The molecule has 0 radical (unpaired) electrons. The van der Waals surface area contributed by atoms with Crippen LogP contribution in [0.2, 0.25) is 5.02 Å². The number of ether oxygens (including phenoxy) is 2. The molecule has 1 aromatic heterocycles. The Hall–Kier alpha value is -0.620. The zero-order chi connectivity index (χ0) is 13.1. The van der Waals surface area contributed by atoms with Crippen LogP contribution in [0.4, 0.5) is 0 Å². The number of methoxy groups -OCH3 is 2. The molecule has 5 nitrogen and oxygen atoms in total. The number of hydrogen-bond acceptors (Lipinski definition) is 4. The monoisotopic (exact) mass is 274 g/mol. The SMILES string of the molecule is COCCn1ncc(Cl)c1C(O)C(OC)C1CC1. The van der Waals surface area contributed by atoms with E-state index in [1.54, 1.807) is 25.1 Å². The van der Waals surface area contributed by atoms with Gasteiger partial charge in [-0.15, -0.1) is 0 Å². The van der Waals surface area contributed by atoms with Gasteiger partial charge in [0.05, 0.1) is 36.2 Å². The number of aromatic nitrogens is 2. The molecule has 0 spiro atoms. The normalized spacial score (nSPS) is 18.9. The highest BCUT2D eigenvalue weighted by Gasteiger charge is 2.38. The van der Waals surface area contributed by atoms with Gasteiger partial charge >= 0.3 is 0 Å². The van der Waals surface area contributed by atoms with Gasteiger partial charge in [0.25, 0.3) is 0 Å². The molecule has 2 atom stereocenters. The summed E-state index contributed by atoms with van der Waals surface area (Å²) in [6.45, 7) is 1.09. The van der Waals surface area contributed by atoms with Crippen molar-refractivity contribution in [3.63, 3.8) is 0 Å². The molecule has 1 aromatic rings. The lowest BCUT2D eigenvalue weighted by Crippen LogP contribution is -2.26. The van der Waals surface area contributed by atoms with Gasteiger partial charge in [0, 0.05) is 14.2 Å². The van der Waals surface area contributed by atoms with Gasteiger partial charge in [-0.1, -0.05) is 11.6 Å². The summed E-state index contributed by atoms with van der Waals surface area (Å²) in [4.78, 5) is 0. The van der Waals surface area contributed by atoms with Crippen LogP contribution < -0.4 is 0 Å². The number of rotatable bonds is 7. The second kappa shape index (κ2) is 6.02. The third kappa shape index (κ3) is 2.85. The Bertz CT molecular complexity index is 393. The van der Waals surface area contributed by atoms with Gasteiger partial charge < -0.3 is 14.6 Å². The highest BCUT2D eigenvalue weighted by molar-refractivity contribution is 6.31. The number of aliphatic hydroxyl groups excluding tert-OH is 1. The van der Waals surface area contributed by atoms with Crippen LogP contribution in [0, 0.1) is 5.92 Å². The summed E-state index contributed by atoms with van der Waals surface area (Å²) in [5, 5.41) is 15.1. The van der Waals surface area contributed by atoms with E-state index in [2.05, 4.69) is 5.10 Å². The highest BCUT2D eigenvalue weighted by atomic mass is 35.5. The predicted molar refractivity (Wildman–Crippen MR) is 67.6 cm³/mol. The molecule has 0 bridgehead atoms. The maximum Gasteiger partial charge on any atom is 0.123 e. The number of hydrogen-bond donors (Lipinski definition) is 1. The van der Waals surface area contributed by atoms with Crippen LogP contribution in [0.25, 0.3) is 0 Å². The van der Waals surface area contributed by atoms with Gasteiger partial charge in [0.2, 0.25) is 0 Å². The molecule has 102 valence electrons. The zero-order valence-electron chi connectivity index (χ0n) is 10.7. The minimum Gasteiger partial charge on any atom is -0.384 e. The maximum atomic E-state index is 10.4. The Kier molecular flexibility index (Phi) is 4.61. The maximum absolute atomic E-state index is 10.4. The third-order valence-corrected chi connectivity index (χ3v) is 3.58. The van der Waals surface area contributed by atoms with Gasteiger partial charge in [-0.25, -0.2) is 0 Å². The van der Waals surface area contributed by atoms with Crippen LogP contribution in [0.5, 0.6) is 0 Å². The van der Waals surface area contributed by atoms with E-state index in [4.69, 9.17) is 21.1 Å². The van der Waals surface area contributed by atoms with Gasteiger partial charge in [0.15, 0.2) is 0 Å². The molecule has 1 fully saturated rings. The van der Waals surface area contributed by atoms with Crippen LogP contribution in [-0.4, -0.2) is 41.8 Å². The van der Waals surface area contributed by atoms with Gasteiger partial charge in [-0.2, -0.15) is 5.10 Å². The average molecular weight is 275 g/mol. The molecule has 0 aromatic carbocycles. The van der Waals surface area contributed by atoms with Crippen molar-refractivity contribution in [2.45, 2.75) is 31.6 Å². The van der Waals surface area contributed by atoms with E-state index in [9.17, 15) is 5.11 Å². The highest BCUT2D eigenvalue weighted by Crippen LogP contribution is 2.40. The summed E-state index contributed by atoms with van der Waals surface area (Å²) in [7, 11) is 3.25. The first-order valence-corrected chi connectivity index (χ1v) is 6.47. The van der Waals surface area contributed by atoms with Gasteiger partial charge in [-0.3, -0.25) is 4.68 Å². The van der Waals surface area contributed by atoms with E-state index in [-0.39, 0.29) is 6.10 Å². The van der Waals surface area contributed by atoms with Gasteiger partial charge in [-0.05, 0) is 18.8 Å². The molecule has 1 aliphatic carbocycles. The zero-order valence-corrected chi connectivity index (χ0v) is 11.4. The second-order valence-corrected chi connectivity index (χ2v) is 4.98. The Morgan fingerprint density at radius 3 is 2.83 bits per heavy atom. The topological polar surface area (TPSA) is 56.5 Å². The number of aliphatic hydroxyl groups is 1. The molecule has 2 unspecified atom stereocenters. The van der Waals surface area contributed by atoms with Crippen molar-refractivity contribution in [2.75, 3.05) is 20.8 Å². The summed E-state index contributed by atoms with van der Waals surface area (Å²) in [5.41, 5.74) is 0.618. The largest absolute Gasteiger partial charge is 0.384 e. The number of halogens is 1. The molecular formula is C12H19ClN2O3. The van der Waals surface area contributed by atoms with E-state index >= 15 is 0 Å². The van der Waals surface area contributed by atoms with Crippen LogP contribution in [0.3, 0.4) is 0 Å². The van der Waals surface area contributed by atoms with Crippen molar-refractivity contribution in [1.29, 1.82) is 0 Å². The van der Waals surface area contributed by atoms with E-state index in [0.29, 0.717) is 29.8 Å². The Morgan fingerprint density at radius 1 is 1.56 bits per heavy atom. The molecule has 2 rings (SSSR count). The lowest BCUT2D eigenvalue weighted by Gasteiger charge is -2.22. The Labute approximate surface area is 112 Å². The molecular weight excluding hydrogens is 256 g/mol. The van der Waals surface area contributed by atoms with Crippen LogP contribution in [0.1, 0.15) is 24.6 Å². The molecule has 1 heterocycles. The summed E-state index contributed by atoms with van der Waals surface area (Å²) >= 11 is 6.11. The summed E-state index contributed by atoms with van der Waals surface area (Å²) in [6, 6.07) is 0.